The van der Waals surface area contributed by atoms with Gasteiger partial charge in [0.05, 0.1) is 30.4 Å². The van der Waals surface area contributed by atoms with Gasteiger partial charge < -0.3 is 0 Å². The second-order valence-electron chi connectivity index (χ2n) is 6.91. The van der Waals surface area contributed by atoms with Crippen LogP contribution in [0.5, 0.6) is 0 Å². The molecule has 1 aliphatic heterocycles. The molecule has 1 aromatic carbocycles. The van der Waals surface area contributed by atoms with E-state index >= 15 is 0 Å². The third kappa shape index (κ3) is 3.39. The van der Waals surface area contributed by atoms with Crippen molar-refractivity contribution in [1.29, 1.82) is 4.78 Å². The minimum atomic E-state index is -2.72. The van der Waals surface area contributed by atoms with Gasteiger partial charge in [0.1, 0.15) is 0 Å². The maximum atomic E-state index is 12.0. The minimum absolute atomic E-state index is 0.307. The van der Waals surface area contributed by atoms with Crippen LogP contribution in [0, 0.1) is 4.78 Å². The van der Waals surface area contributed by atoms with Gasteiger partial charge in [-0.3, -0.25) is 9.88 Å². The van der Waals surface area contributed by atoms with E-state index < -0.39 is 9.73 Å². The summed E-state index contributed by atoms with van der Waals surface area (Å²) in [6.07, 6.45) is 4.82. The number of benzene rings is 1. The minimum Gasteiger partial charge on any atom is -0.296 e. The summed E-state index contributed by atoms with van der Waals surface area (Å²) in [6, 6.07) is 8.78. The quantitative estimate of drug-likeness (QED) is 0.741. The van der Waals surface area contributed by atoms with Gasteiger partial charge in [0.25, 0.3) is 0 Å². The Morgan fingerprint density at radius 3 is 2.85 bits per heavy atom. The van der Waals surface area contributed by atoms with Crippen molar-refractivity contribution in [1.82, 2.24) is 14.9 Å². The van der Waals surface area contributed by atoms with E-state index in [0.29, 0.717) is 10.9 Å². The zero-order valence-corrected chi connectivity index (χ0v) is 16.6. The highest BCUT2D eigenvalue weighted by Crippen LogP contribution is 2.28. The van der Waals surface area contributed by atoms with E-state index in [2.05, 4.69) is 40.0 Å². The predicted octanol–water partition coefficient (Wildman–Crippen LogP) is 3.89. The number of fused-ring (bicyclic) bond motifs is 2. The molecule has 0 saturated heterocycles. The van der Waals surface area contributed by atoms with Crippen LogP contribution in [0.15, 0.2) is 40.9 Å². The van der Waals surface area contributed by atoms with Gasteiger partial charge in [0.15, 0.2) is 0 Å². The molecule has 2 atom stereocenters. The van der Waals surface area contributed by atoms with Gasteiger partial charge in [0.2, 0.25) is 0 Å². The number of hydrogen-bond acceptors (Lipinski definition) is 6. The largest absolute Gasteiger partial charge is 0.296 e. The van der Waals surface area contributed by atoms with Gasteiger partial charge in [-0.15, -0.1) is 11.3 Å². The van der Waals surface area contributed by atoms with Gasteiger partial charge in [-0.1, -0.05) is 6.07 Å². The SMILES string of the molecule is C[C@@H](c1ccc2scnc2c1)N1CCc2cc([S@@](C)(=N)=O)cnc2CC1. The van der Waals surface area contributed by atoms with Gasteiger partial charge in [-0.05, 0) is 42.7 Å². The van der Waals surface area contributed by atoms with Crippen LogP contribution in [-0.2, 0) is 22.6 Å². The Labute approximate surface area is 158 Å². The van der Waals surface area contributed by atoms with E-state index in [9.17, 15) is 4.21 Å². The van der Waals surface area contributed by atoms with Gasteiger partial charge in [-0.2, -0.15) is 0 Å². The summed E-state index contributed by atoms with van der Waals surface area (Å²) in [6.45, 7) is 4.11. The highest BCUT2D eigenvalue weighted by Gasteiger charge is 2.21. The Balaban J connectivity index is 1.56. The second-order valence-corrected chi connectivity index (χ2v) is 9.96. The molecule has 3 aromatic rings. The highest BCUT2D eigenvalue weighted by atomic mass is 32.2. The zero-order valence-electron chi connectivity index (χ0n) is 14.9. The molecule has 7 heteroatoms. The molecule has 0 bridgehead atoms. The lowest BCUT2D eigenvalue weighted by Crippen LogP contribution is -2.29. The van der Waals surface area contributed by atoms with Crippen LogP contribution in [0.2, 0.25) is 0 Å². The van der Waals surface area contributed by atoms with Crippen LogP contribution >= 0.6 is 11.3 Å². The molecule has 2 aromatic heterocycles. The fourth-order valence-corrected chi connectivity index (χ4v) is 4.81. The molecule has 0 unspecified atom stereocenters. The number of nitrogens with zero attached hydrogens (tertiary/aromatic N) is 3. The van der Waals surface area contributed by atoms with Crippen molar-refractivity contribution in [2.75, 3.05) is 19.3 Å². The Kier molecular flexibility index (Phi) is 4.54. The standard InChI is InChI=1S/C19H22N4OS2/c1-13(14-3-4-19-18(10-14)22-12-25-19)23-7-5-15-9-16(26(2,20)24)11-21-17(15)6-8-23/h3-4,9-13,20H,5-8H2,1-2H3/t13-,26-/m0/s1. The first kappa shape index (κ1) is 17.6. The molecule has 5 nitrogen and oxygen atoms in total. The molecule has 26 heavy (non-hydrogen) atoms. The van der Waals surface area contributed by atoms with Crippen LogP contribution in [0.3, 0.4) is 0 Å². The molecule has 136 valence electrons. The lowest BCUT2D eigenvalue weighted by atomic mass is 10.1. The Morgan fingerprint density at radius 2 is 2.04 bits per heavy atom. The normalized spacial score (nSPS) is 18.8. The van der Waals surface area contributed by atoms with E-state index in [0.717, 1.165) is 42.7 Å². The predicted molar refractivity (Wildman–Crippen MR) is 106 cm³/mol. The molecular weight excluding hydrogens is 364 g/mol. The van der Waals surface area contributed by atoms with E-state index in [1.807, 2.05) is 11.6 Å². The second kappa shape index (κ2) is 6.72. The summed E-state index contributed by atoms with van der Waals surface area (Å²) >= 11 is 1.67. The third-order valence-electron chi connectivity index (χ3n) is 5.17. The molecule has 3 heterocycles. The maximum absolute atomic E-state index is 12.0. The highest BCUT2D eigenvalue weighted by molar-refractivity contribution is 7.91. The van der Waals surface area contributed by atoms with Crippen molar-refractivity contribution >= 4 is 31.3 Å². The van der Waals surface area contributed by atoms with Crippen LogP contribution < -0.4 is 0 Å². The van der Waals surface area contributed by atoms with Crippen molar-refractivity contribution in [2.45, 2.75) is 30.7 Å². The molecule has 0 saturated carbocycles. The Morgan fingerprint density at radius 1 is 1.23 bits per heavy atom. The Hall–Kier alpha value is -1.83. The average Bonchev–Trinajstić information content (AvgIpc) is 2.98. The van der Waals surface area contributed by atoms with Gasteiger partial charge in [0, 0.05) is 43.7 Å². The molecule has 0 spiro atoms. The summed E-state index contributed by atoms with van der Waals surface area (Å²) in [5.41, 5.74) is 6.45. The fourth-order valence-electron chi connectivity index (χ4n) is 3.53. The van der Waals surface area contributed by atoms with Crippen molar-refractivity contribution in [3.05, 3.63) is 52.8 Å². The maximum Gasteiger partial charge on any atom is 0.0815 e. The molecule has 4 rings (SSSR count). The first-order valence-corrected chi connectivity index (χ1v) is 11.6. The zero-order chi connectivity index (χ0) is 18.3. The van der Waals surface area contributed by atoms with Crippen molar-refractivity contribution < 1.29 is 4.21 Å². The molecular formula is C19H22N4OS2. The topological polar surface area (TPSA) is 69.9 Å². The first-order valence-electron chi connectivity index (χ1n) is 8.70. The number of nitrogens with one attached hydrogen (secondary N) is 1. The average molecular weight is 387 g/mol. The van der Waals surface area contributed by atoms with Crippen molar-refractivity contribution in [3.8, 4) is 0 Å². The fraction of sp³-hybridized carbons (Fsp3) is 0.368. The monoisotopic (exact) mass is 386 g/mol. The van der Waals surface area contributed by atoms with Crippen molar-refractivity contribution in [2.24, 2.45) is 0 Å². The summed E-state index contributed by atoms with van der Waals surface area (Å²) in [7, 11) is -2.72. The molecule has 0 radical (unpaired) electrons. The van der Waals surface area contributed by atoms with Crippen LogP contribution in [-0.4, -0.2) is 38.4 Å². The van der Waals surface area contributed by atoms with Gasteiger partial charge >= 0.3 is 0 Å². The summed E-state index contributed by atoms with van der Waals surface area (Å²) < 4.78 is 21.0. The molecule has 1 N–H and O–H groups in total. The van der Waals surface area contributed by atoms with E-state index in [1.165, 1.54) is 16.5 Å². The van der Waals surface area contributed by atoms with Gasteiger partial charge in [-0.25, -0.2) is 14.0 Å². The van der Waals surface area contributed by atoms with E-state index in [4.69, 9.17) is 4.78 Å². The Bertz CT molecular complexity index is 1060. The first-order chi connectivity index (χ1) is 12.4. The summed E-state index contributed by atoms with van der Waals surface area (Å²) in [5.74, 6) is 0. The molecule has 0 aliphatic carbocycles. The summed E-state index contributed by atoms with van der Waals surface area (Å²) in [4.78, 5) is 12.0. The number of aromatic nitrogens is 2. The number of thiazole rings is 1. The third-order valence-corrected chi connectivity index (χ3v) is 7.11. The number of hydrogen-bond donors (Lipinski definition) is 1. The van der Waals surface area contributed by atoms with Crippen molar-refractivity contribution in [3.63, 3.8) is 0 Å². The number of pyridine rings is 1. The van der Waals surface area contributed by atoms with Crippen LogP contribution in [0.4, 0.5) is 0 Å². The van der Waals surface area contributed by atoms with Crippen LogP contribution in [0.25, 0.3) is 10.2 Å². The van der Waals surface area contributed by atoms with E-state index in [-0.39, 0.29) is 0 Å². The van der Waals surface area contributed by atoms with E-state index in [1.54, 1.807) is 17.5 Å². The molecule has 0 fully saturated rings. The number of rotatable bonds is 3. The lowest BCUT2D eigenvalue weighted by Gasteiger charge is -2.27. The summed E-state index contributed by atoms with van der Waals surface area (Å²) in [5, 5.41) is 0. The molecule has 0 amide bonds. The van der Waals surface area contributed by atoms with Crippen LogP contribution in [0.1, 0.15) is 29.8 Å². The smallest absolute Gasteiger partial charge is 0.0815 e. The lowest BCUT2D eigenvalue weighted by molar-refractivity contribution is 0.221. The molecule has 1 aliphatic rings.